The molecule has 3 heteroatoms. The minimum Gasteiger partial charge on any atom is -0.497 e. The van der Waals surface area contributed by atoms with Gasteiger partial charge in [-0.15, -0.1) is 0 Å². The van der Waals surface area contributed by atoms with E-state index in [4.69, 9.17) is 4.74 Å². The first-order valence-electron chi connectivity index (χ1n) is 7.85. The van der Waals surface area contributed by atoms with E-state index < -0.39 is 0 Å². The van der Waals surface area contributed by atoms with Crippen LogP contribution in [0.5, 0.6) is 5.75 Å². The summed E-state index contributed by atoms with van der Waals surface area (Å²) < 4.78 is 5.34. The Morgan fingerprint density at radius 1 is 1.35 bits per heavy atom. The minimum atomic E-state index is 0.538. The van der Waals surface area contributed by atoms with Crippen molar-refractivity contribution < 1.29 is 4.74 Å². The van der Waals surface area contributed by atoms with Gasteiger partial charge in [-0.2, -0.15) is 0 Å². The molecule has 3 rings (SSSR count). The largest absolute Gasteiger partial charge is 0.497 e. The molecule has 0 spiro atoms. The molecule has 0 aromatic heterocycles. The van der Waals surface area contributed by atoms with Crippen LogP contribution in [0.2, 0.25) is 0 Å². The van der Waals surface area contributed by atoms with Crippen molar-refractivity contribution in [2.24, 2.45) is 5.92 Å². The van der Waals surface area contributed by atoms with Crippen molar-refractivity contribution in [2.45, 2.75) is 31.7 Å². The number of rotatable bonds is 4. The number of nitrogens with zero attached hydrogens (tertiary/aromatic N) is 1. The number of fused-ring (bicyclic) bond motifs is 1. The van der Waals surface area contributed by atoms with Gasteiger partial charge in [0.1, 0.15) is 5.75 Å². The fourth-order valence-electron chi connectivity index (χ4n) is 3.63. The maximum absolute atomic E-state index is 5.34. The summed E-state index contributed by atoms with van der Waals surface area (Å²) in [5.41, 5.74) is 2.96. The zero-order valence-corrected chi connectivity index (χ0v) is 12.7. The summed E-state index contributed by atoms with van der Waals surface area (Å²) in [7, 11) is 3.97. The summed E-state index contributed by atoms with van der Waals surface area (Å²) in [6.45, 7) is 3.65. The number of nitrogens with one attached hydrogen (secondary N) is 1. The Kier molecular flexibility index (Phi) is 4.27. The zero-order chi connectivity index (χ0) is 13.9. The number of ether oxygens (including phenoxy) is 1. The summed E-state index contributed by atoms with van der Waals surface area (Å²) in [4.78, 5) is 2.44. The van der Waals surface area contributed by atoms with Crippen LogP contribution in [0.3, 0.4) is 0 Å². The molecular formula is C17H26N2O. The van der Waals surface area contributed by atoms with E-state index >= 15 is 0 Å². The SMILES string of the molecule is COc1ccc2c(c1)CCCC2NCC1CCN(C)C1. The second-order valence-corrected chi connectivity index (χ2v) is 6.33. The molecule has 1 saturated heterocycles. The third-order valence-corrected chi connectivity index (χ3v) is 4.81. The minimum absolute atomic E-state index is 0.538. The number of benzene rings is 1. The van der Waals surface area contributed by atoms with E-state index in [9.17, 15) is 0 Å². The van der Waals surface area contributed by atoms with Crippen LogP contribution < -0.4 is 10.1 Å². The molecule has 1 heterocycles. The van der Waals surface area contributed by atoms with E-state index in [0.29, 0.717) is 6.04 Å². The predicted molar refractivity (Wildman–Crippen MR) is 82.3 cm³/mol. The number of likely N-dealkylation sites (tertiary alicyclic amines) is 1. The molecule has 0 bridgehead atoms. The van der Waals surface area contributed by atoms with Crippen LogP contribution in [0.1, 0.15) is 36.4 Å². The molecule has 1 aromatic carbocycles. The van der Waals surface area contributed by atoms with E-state index in [2.05, 4.69) is 35.5 Å². The first-order chi connectivity index (χ1) is 9.76. The van der Waals surface area contributed by atoms with Crippen molar-refractivity contribution in [1.82, 2.24) is 10.2 Å². The predicted octanol–water partition coefficient (Wildman–Crippen LogP) is 2.61. The van der Waals surface area contributed by atoms with Crippen molar-refractivity contribution in [1.29, 1.82) is 0 Å². The number of hydrogen-bond acceptors (Lipinski definition) is 3. The van der Waals surface area contributed by atoms with Gasteiger partial charge in [0.15, 0.2) is 0 Å². The Morgan fingerprint density at radius 3 is 3.00 bits per heavy atom. The van der Waals surface area contributed by atoms with Crippen LogP contribution >= 0.6 is 0 Å². The molecule has 1 aliphatic heterocycles. The second-order valence-electron chi connectivity index (χ2n) is 6.33. The lowest BCUT2D eigenvalue weighted by Gasteiger charge is -2.28. The quantitative estimate of drug-likeness (QED) is 0.913. The van der Waals surface area contributed by atoms with E-state index in [-0.39, 0.29) is 0 Å². The lowest BCUT2D eigenvalue weighted by molar-refractivity contribution is 0.369. The monoisotopic (exact) mass is 274 g/mol. The van der Waals surface area contributed by atoms with Crippen molar-refractivity contribution in [3.63, 3.8) is 0 Å². The number of hydrogen-bond donors (Lipinski definition) is 1. The molecule has 110 valence electrons. The molecule has 0 radical (unpaired) electrons. The summed E-state index contributed by atoms with van der Waals surface area (Å²) in [6.07, 6.45) is 5.08. The Morgan fingerprint density at radius 2 is 2.25 bits per heavy atom. The maximum Gasteiger partial charge on any atom is 0.119 e. The van der Waals surface area contributed by atoms with E-state index in [0.717, 1.165) is 18.2 Å². The van der Waals surface area contributed by atoms with E-state index in [1.54, 1.807) is 7.11 Å². The molecule has 1 N–H and O–H groups in total. The molecule has 0 saturated carbocycles. The van der Waals surface area contributed by atoms with E-state index in [1.807, 2.05) is 0 Å². The Labute approximate surface area is 122 Å². The highest BCUT2D eigenvalue weighted by atomic mass is 16.5. The molecule has 2 atom stereocenters. The average molecular weight is 274 g/mol. The van der Waals surface area contributed by atoms with Gasteiger partial charge >= 0.3 is 0 Å². The van der Waals surface area contributed by atoms with Gasteiger partial charge in [-0.25, -0.2) is 0 Å². The third-order valence-electron chi connectivity index (χ3n) is 4.81. The summed E-state index contributed by atoms with van der Waals surface area (Å²) in [5, 5.41) is 3.81. The second kappa shape index (κ2) is 6.15. The molecule has 1 fully saturated rings. The number of aryl methyl sites for hydroxylation is 1. The van der Waals surface area contributed by atoms with Crippen molar-refractivity contribution in [3.8, 4) is 5.75 Å². The van der Waals surface area contributed by atoms with Crippen LogP contribution in [0.4, 0.5) is 0 Å². The van der Waals surface area contributed by atoms with Gasteiger partial charge in [-0.05, 0) is 75.0 Å². The lowest BCUT2D eigenvalue weighted by Crippen LogP contribution is -2.30. The Hall–Kier alpha value is -1.06. The molecule has 1 aromatic rings. The van der Waals surface area contributed by atoms with Gasteiger partial charge in [-0.3, -0.25) is 0 Å². The van der Waals surface area contributed by atoms with Crippen molar-refractivity contribution >= 4 is 0 Å². The van der Waals surface area contributed by atoms with Gasteiger partial charge in [0.2, 0.25) is 0 Å². The molecular weight excluding hydrogens is 248 g/mol. The van der Waals surface area contributed by atoms with Gasteiger partial charge in [0, 0.05) is 12.6 Å². The highest BCUT2D eigenvalue weighted by molar-refractivity contribution is 5.39. The summed E-state index contributed by atoms with van der Waals surface area (Å²) >= 11 is 0. The highest BCUT2D eigenvalue weighted by Gasteiger charge is 2.23. The zero-order valence-electron chi connectivity index (χ0n) is 12.7. The standard InChI is InChI=1S/C17H26N2O/c1-19-9-8-13(12-19)11-18-17-5-3-4-14-10-15(20-2)6-7-16(14)17/h6-7,10,13,17-18H,3-5,8-9,11-12H2,1-2H3. The van der Waals surface area contributed by atoms with E-state index in [1.165, 1.54) is 49.9 Å². The van der Waals surface area contributed by atoms with Crippen LogP contribution in [0.15, 0.2) is 18.2 Å². The van der Waals surface area contributed by atoms with Crippen molar-refractivity contribution in [3.05, 3.63) is 29.3 Å². The third kappa shape index (κ3) is 2.99. The van der Waals surface area contributed by atoms with Crippen LogP contribution in [-0.4, -0.2) is 38.7 Å². The molecule has 1 aliphatic carbocycles. The average Bonchev–Trinajstić information content (AvgIpc) is 2.90. The summed E-state index contributed by atoms with van der Waals surface area (Å²) in [5.74, 6) is 1.81. The summed E-state index contributed by atoms with van der Waals surface area (Å²) in [6, 6.07) is 7.11. The van der Waals surface area contributed by atoms with Gasteiger partial charge in [0.05, 0.1) is 7.11 Å². The van der Waals surface area contributed by atoms with Gasteiger partial charge < -0.3 is 15.0 Å². The molecule has 2 aliphatic rings. The fraction of sp³-hybridized carbons (Fsp3) is 0.647. The normalized spacial score (nSPS) is 26.5. The number of methoxy groups -OCH3 is 1. The van der Waals surface area contributed by atoms with Gasteiger partial charge in [-0.1, -0.05) is 6.07 Å². The molecule has 2 unspecified atom stereocenters. The maximum atomic E-state index is 5.34. The molecule has 3 nitrogen and oxygen atoms in total. The van der Waals surface area contributed by atoms with Crippen molar-refractivity contribution in [2.75, 3.05) is 33.8 Å². The van der Waals surface area contributed by atoms with Crippen LogP contribution in [0.25, 0.3) is 0 Å². The first-order valence-corrected chi connectivity index (χ1v) is 7.85. The smallest absolute Gasteiger partial charge is 0.119 e. The Bertz CT molecular complexity index is 460. The molecule has 20 heavy (non-hydrogen) atoms. The topological polar surface area (TPSA) is 24.5 Å². The molecule has 0 amide bonds. The fourth-order valence-corrected chi connectivity index (χ4v) is 3.63. The first kappa shape index (κ1) is 13.9. The lowest BCUT2D eigenvalue weighted by atomic mass is 9.87. The Balaban J connectivity index is 1.64. The van der Waals surface area contributed by atoms with Crippen LogP contribution in [-0.2, 0) is 6.42 Å². The highest BCUT2D eigenvalue weighted by Crippen LogP contribution is 2.32. The van der Waals surface area contributed by atoms with Crippen LogP contribution in [0, 0.1) is 5.92 Å². The van der Waals surface area contributed by atoms with Gasteiger partial charge in [0.25, 0.3) is 0 Å².